The molecule has 1 aromatic carbocycles. The molecule has 0 spiro atoms. The molecule has 3 amide bonds. The van der Waals surface area contributed by atoms with Crippen LogP contribution in [0, 0.1) is 11.7 Å². The first-order valence-corrected chi connectivity index (χ1v) is 10.3. The van der Waals surface area contributed by atoms with E-state index >= 15 is 0 Å². The molecule has 2 heterocycles. The van der Waals surface area contributed by atoms with Crippen molar-refractivity contribution in [3.63, 3.8) is 0 Å². The standard InChI is InChI=1S/C21H29FN4O3/c22-17-4-1-2-5-18(17)24-12-14-26(15-13-24)20(28)7-3-6-19(27)25-10-8-16(9-11-25)21(23)29/h1-2,4-5,16H,3,6-15H2,(H2,23,29). The first kappa shape index (κ1) is 21.1. The van der Waals surface area contributed by atoms with E-state index in [1.54, 1.807) is 21.9 Å². The summed E-state index contributed by atoms with van der Waals surface area (Å²) in [6.07, 6.45) is 2.42. The smallest absolute Gasteiger partial charge is 0.222 e. The van der Waals surface area contributed by atoms with E-state index in [1.165, 1.54) is 6.07 Å². The Balaban J connectivity index is 1.36. The molecule has 2 fully saturated rings. The van der Waals surface area contributed by atoms with Gasteiger partial charge < -0.3 is 20.4 Å². The molecule has 29 heavy (non-hydrogen) atoms. The van der Waals surface area contributed by atoms with Gasteiger partial charge in [0.2, 0.25) is 17.7 Å². The highest BCUT2D eigenvalue weighted by Gasteiger charge is 2.26. The Labute approximate surface area is 170 Å². The average molecular weight is 404 g/mol. The van der Waals surface area contributed by atoms with Gasteiger partial charge in [-0.15, -0.1) is 0 Å². The molecular formula is C21H29FN4O3. The number of nitrogens with two attached hydrogens (primary N) is 1. The Kier molecular flexibility index (Phi) is 7.06. The lowest BCUT2D eigenvalue weighted by Gasteiger charge is -2.36. The molecule has 0 bridgehead atoms. The van der Waals surface area contributed by atoms with Gasteiger partial charge in [-0.1, -0.05) is 12.1 Å². The number of carbonyl (C=O) groups is 3. The Morgan fingerprint density at radius 2 is 1.45 bits per heavy atom. The van der Waals surface area contributed by atoms with E-state index in [0.717, 1.165) is 0 Å². The van der Waals surface area contributed by atoms with E-state index in [0.29, 0.717) is 77.1 Å². The number of nitrogens with zero attached hydrogens (tertiary/aromatic N) is 3. The molecule has 0 atom stereocenters. The zero-order valence-electron chi connectivity index (χ0n) is 16.7. The van der Waals surface area contributed by atoms with E-state index < -0.39 is 0 Å². The number of halogens is 1. The molecule has 0 aliphatic carbocycles. The molecular weight excluding hydrogens is 375 g/mol. The second-order valence-corrected chi connectivity index (χ2v) is 7.73. The predicted octanol–water partition coefficient (Wildman–Crippen LogP) is 1.37. The molecule has 3 rings (SSSR count). The lowest BCUT2D eigenvalue weighted by atomic mass is 9.96. The maximum absolute atomic E-state index is 13.9. The van der Waals surface area contributed by atoms with Crippen LogP contribution in [0.25, 0.3) is 0 Å². The number of rotatable bonds is 6. The zero-order chi connectivity index (χ0) is 20.8. The number of primary amides is 1. The molecule has 0 saturated carbocycles. The van der Waals surface area contributed by atoms with Crippen molar-refractivity contribution in [2.45, 2.75) is 32.1 Å². The van der Waals surface area contributed by atoms with Crippen molar-refractivity contribution >= 4 is 23.4 Å². The topological polar surface area (TPSA) is 86.9 Å². The molecule has 8 heteroatoms. The second-order valence-electron chi connectivity index (χ2n) is 7.73. The Morgan fingerprint density at radius 3 is 2.00 bits per heavy atom. The fourth-order valence-electron chi connectivity index (χ4n) is 4.03. The summed E-state index contributed by atoms with van der Waals surface area (Å²) in [6.45, 7) is 3.42. The maximum Gasteiger partial charge on any atom is 0.222 e. The van der Waals surface area contributed by atoms with Gasteiger partial charge in [-0.05, 0) is 31.4 Å². The van der Waals surface area contributed by atoms with Crippen molar-refractivity contribution in [3.8, 4) is 0 Å². The number of benzene rings is 1. The minimum Gasteiger partial charge on any atom is -0.369 e. The van der Waals surface area contributed by atoms with Crippen molar-refractivity contribution in [1.29, 1.82) is 0 Å². The number of para-hydroxylation sites is 1. The second kappa shape index (κ2) is 9.71. The van der Waals surface area contributed by atoms with Crippen LogP contribution in [0.5, 0.6) is 0 Å². The van der Waals surface area contributed by atoms with Crippen LogP contribution in [-0.4, -0.2) is 66.8 Å². The summed E-state index contributed by atoms with van der Waals surface area (Å²) in [5, 5.41) is 0. The van der Waals surface area contributed by atoms with Crippen LogP contribution < -0.4 is 10.6 Å². The van der Waals surface area contributed by atoms with E-state index in [-0.39, 0.29) is 29.5 Å². The van der Waals surface area contributed by atoms with Gasteiger partial charge in [-0.25, -0.2) is 4.39 Å². The number of piperidine rings is 1. The van der Waals surface area contributed by atoms with E-state index in [9.17, 15) is 18.8 Å². The van der Waals surface area contributed by atoms with Gasteiger partial charge in [0.15, 0.2) is 0 Å². The molecule has 2 aliphatic rings. The Bertz CT molecular complexity index is 741. The third-order valence-electron chi connectivity index (χ3n) is 5.86. The molecule has 2 aliphatic heterocycles. The molecule has 7 nitrogen and oxygen atoms in total. The van der Waals surface area contributed by atoms with E-state index in [4.69, 9.17) is 5.73 Å². The normalized spacial score (nSPS) is 18.0. The number of hydrogen-bond acceptors (Lipinski definition) is 4. The quantitative estimate of drug-likeness (QED) is 0.776. The highest BCUT2D eigenvalue weighted by Crippen LogP contribution is 2.21. The lowest BCUT2D eigenvalue weighted by molar-refractivity contribution is -0.135. The Morgan fingerprint density at radius 1 is 0.897 bits per heavy atom. The first-order chi connectivity index (χ1) is 14.0. The third-order valence-corrected chi connectivity index (χ3v) is 5.86. The van der Waals surface area contributed by atoms with Crippen molar-refractivity contribution in [1.82, 2.24) is 9.80 Å². The molecule has 1 aromatic rings. The molecule has 2 saturated heterocycles. The average Bonchev–Trinajstić information content (AvgIpc) is 2.74. The minimum atomic E-state index is -0.294. The van der Waals surface area contributed by atoms with Gasteiger partial charge in [-0.3, -0.25) is 14.4 Å². The van der Waals surface area contributed by atoms with Gasteiger partial charge in [-0.2, -0.15) is 0 Å². The third kappa shape index (κ3) is 5.46. The number of piperazine rings is 1. The summed E-state index contributed by atoms with van der Waals surface area (Å²) in [6, 6.07) is 6.67. The summed E-state index contributed by atoms with van der Waals surface area (Å²) in [5.74, 6) is -0.601. The highest BCUT2D eigenvalue weighted by molar-refractivity contribution is 5.80. The van der Waals surface area contributed by atoms with Crippen LogP contribution in [0.2, 0.25) is 0 Å². The fourth-order valence-corrected chi connectivity index (χ4v) is 4.03. The van der Waals surface area contributed by atoms with Crippen LogP contribution in [0.3, 0.4) is 0 Å². The highest BCUT2D eigenvalue weighted by atomic mass is 19.1. The molecule has 0 unspecified atom stereocenters. The molecule has 2 N–H and O–H groups in total. The van der Waals surface area contributed by atoms with Crippen molar-refractivity contribution in [2.75, 3.05) is 44.2 Å². The summed E-state index contributed by atoms with van der Waals surface area (Å²) in [5.41, 5.74) is 5.89. The van der Waals surface area contributed by atoms with E-state index in [1.807, 2.05) is 11.0 Å². The van der Waals surface area contributed by atoms with Crippen LogP contribution in [0.15, 0.2) is 24.3 Å². The fraction of sp³-hybridized carbons (Fsp3) is 0.571. The van der Waals surface area contributed by atoms with Crippen LogP contribution in [0.1, 0.15) is 32.1 Å². The SMILES string of the molecule is NC(=O)C1CCN(C(=O)CCCC(=O)N2CCN(c3ccccc3F)CC2)CC1. The number of anilines is 1. The predicted molar refractivity (Wildman–Crippen MR) is 108 cm³/mol. The largest absolute Gasteiger partial charge is 0.369 e. The van der Waals surface area contributed by atoms with Gasteiger partial charge in [0.05, 0.1) is 5.69 Å². The summed E-state index contributed by atoms with van der Waals surface area (Å²) >= 11 is 0. The number of carbonyl (C=O) groups excluding carboxylic acids is 3. The van der Waals surface area contributed by atoms with Gasteiger partial charge in [0.25, 0.3) is 0 Å². The number of likely N-dealkylation sites (tertiary alicyclic amines) is 1. The van der Waals surface area contributed by atoms with Crippen LogP contribution in [0.4, 0.5) is 10.1 Å². The molecule has 0 aromatic heterocycles. The maximum atomic E-state index is 13.9. The van der Waals surface area contributed by atoms with Crippen molar-refractivity contribution < 1.29 is 18.8 Å². The molecule has 158 valence electrons. The van der Waals surface area contributed by atoms with Crippen LogP contribution in [-0.2, 0) is 14.4 Å². The van der Waals surface area contributed by atoms with Crippen molar-refractivity contribution in [2.24, 2.45) is 11.7 Å². The summed E-state index contributed by atoms with van der Waals surface area (Å²) in [4.78, 5) is 41.5. The minimum absolute atomic E-state index is 0.0325. The lowest BCUT2D eigenvalue weighted by Crippen LogP contribution is -2.49. The zero-order valence-corrected chi connectivity index (χ0v) is 16.7. The van der Waals surface area contributed by atoms with Gasteiger partial charge in [0, 0.05) is 58.0 Å². The van der Waals surface area contributed by atoms with Crippen LogP contribution >= 0.6 is 0 Å². The van der Waals surface area contributed by atoms with Crippen molar-refractivity contribution in [3.05, 3.63) is 30.1 Å². The monoisotopic (exact) mass is 404 g/mol. The first-order valence-electron chi connectivity index (χ1n) is 10.3. The number of amides is 3. The van der Waals surface area contributed by atoms with Gasteiger partial charge >= 0.3 is 0 Å². The Hall–Kier alpha value is -2.64. The van der Waals surface area contributed by atoms with Gasteiger partial charge in [0.1, 0.15) is 5.82 Å². The summed E-state index contributed by atoms with van der Waals surface area (Å²) < 4.78 is 13.9. The van der Waals surface area contributed by atoms with E-state index in [2.05, 4.69) is 0 Å². The molecule has 0 radical (unpaired) electrons. The number of hydrogen-bond donors (Lipinski definition) is 1. The summed E-state index contributed by atoms with van der Waals surface area (Å²) in [7, 11) is 0.